The Kier molecular flexibility index (Phi) is 6.41. The number of aliphatic hydroxyl groups excluding tert-OH is 1. The Morgan fingerprint density at radius 1 is 1.10 bits per heavy atom. The number of fused-ring (bicyclic) bond motifs is 1. The van der Waals surface area contributed by atoms with Gasteiger partial charge in [0.2, 0.25) is 0 Å². The third-order valence-corrected chi connectivity index (χ3v) is 5.99. The van der Waals surface area contributed by atoms with Crippen LogP contribution in [0.25, 0.3) is 11.0 Å². The SMILES string of the molecule is OC(CCN1CCC(O)(c2cnc3ccccc3n2)CC1)Oc1ccc(Cl)cc1Cl. The standard InChI is InChI=1S/C22H23Cl2N3O3/c23-15-5-6-19(16(24)13-15)30-21(28)7-10-27-11-8-22(29,9-12-27)20-14-25-17-3-1-2-4-18(17)26-20/h1-6,13-14,21,28-29H,7-12H2. The lowest BCUT2D eigenvalue weighted by Crippen LogP contribution is -2.44. The predicted molar refractivity (Wildman–Crippen MR) is 117 cm³/mol. The molecule has 0 radical (unpaired) electrons. The molecule has 0 bridgehead atoms. The van der Waals surface area contributed by atoms with E-state index in [9.17, 15) is 10.2 Å². The van der Waals surface area contributed by atoms with Gasteiger partial charge in [-0.15, -0.1) is 0 Å². The fourth-order valence-corrected chi connectivity index (χ4v) is 4.11. The summed E-state index contributed by atoms with van der Waals surface area (Å²) < 4.78 is 5.51. The van der Waals surface area contributed by atoms with E-state index in [1.165, 1.54) is 0 Å². The molecule has 1 aliphatic rings. The average Bonchev–Trinajstić information content (AvgIpc) is 2.75. The molecule has 8 heteroatoms. The van der Waals surface area contributed by atoms with E-state index in [0.29, 0.717) is 60.4 Å². The number of aromatic nitrogens is 2. The van der Waals surface area contributed by atoms with E-state index in [2.05, 4.69) is 14.9 Å². The van der Waals surface area contributed by atoms with Crippen molar-refractivity contribution in [3.8, 4) is 5.75 Å². The highest BCUT2D eigenvalue weighted by Crippen LogP contribution is 2.32. The molecule has 1 saturated heterocycles. The van der Waals surface area contributed by atoms with Crippen LogP contribution in [0.3, 0.4) is 0 Å². The largest absolute Gasteiger partial charge is 0.464 e. The molecule has 6 nitrogen and oxygen atoms in total. The van der Waals surface area contributed by atoms with Gasteiger partial charge in [0.05, 0.1) is 27.9 Å². The van der Waals surface area contributed by atoms with Crippen LogP contribution in [-0.2, 0) is 5.60 Å². The van der Waals surface area contributed by atoms with Gasteiger partial charge in [0, 0.05) is 31.1 Å². The van der Waals surface area contributed by atoms with Crippen molar-refractivity contribution in [3.05, 3.63) is 64.4 Å². The summed E-state index contributed by atoms with van der Waals surface area (Å²) in [6.45, 7) is 2.03. The number of benzene rings is 2. The van der Waals surface area contributed by atoms with Crippen molar-refractivity contribution in [2.24, 2.45) is 0 Å². The fraction of sp³-hybridized carbons (Fsp3) is 0.364. The predicted octanol–water partition coefficient (Wildman–Crippen LogP) is 4.01. The second-order valence-electron chi connectivity index (χ2n) is 7.55. The number of likely N-dealkylation sites (tertiary alicyclic amines) is 1. The highest BCUT2D eigenvalue weighted by Gasteiger charge is 2.35. The molecule has 1 atom stereocenters. The van der Waals surface area contributed by atoms with Gasteiger partial charge in [-0.3, -0.25) is 4.98 Å². The summed E-state index contributed by atoms with van der Waals surface area (Å²) in [5.74, 6) is 0.400. The van der Waals surface area contributed by atoms with E-state index in [0.717, 1.165) is 11.0 Å². The molecule has 0 aliphatic carbocycles. The quantitative estimate of drug-likeness (QED) is 0.555. The summed E-state index contributed by atoms with van der Waals surface area (Å²) in [6.07, 6.45) is 2.23. The molecule has 0 amide bonds. The number of aliphatic hydroxyl groups is 2. The molecule has 2 aromatic carbocycles. The van der Waals surface area contributed by atoms with Crippen LogP contribution in [0.4, 0.5) is 0 Å². The molecule has 2 heterocycles. The van der Waals surface area contributed by atoms with Crippen molar-refractivity contribution in [2.75, 3.05) is 19.6 Å². The van der Waals surface area contributed by atoms with Crippen LogP contribution in [-0.4, -0.2) is 51.0 Å². The minimum atomic E-state index is -0.987. The van der Waals surface area contributed by atoms with Gasteiger partial charge in [0.1, 0.15) is 11.4 Å². The normalized spacial score (nSPS) is 17.7. The molecule has 1 unspecified atom stereocenters. The lowest BCUT2D eigenvalue weighted by molar-refractivity contribution is -0.0491. The molecule has 3 aromatic rings. The number of ether oxygens (including phenoxy) is 1. The van der Waals surface area contributed by atoms with Crippen molar-refractivity contribution in [3.63, 3.8) is 0 Å². The molecule has 4 rings (SSSR count). The Hall–Kier alpha value is -1.96. The number of nitrogens with zero attached hydrogens (tertiary/aromatic N) is 3. The van der Waals surface area contributed by atoms with Crippen molar-refractivity contribution >= 4 is 34.2 Å². The monoisotopic (exact) mass is 447 g/mol. The number of hydrogen-bond acceptors (Lipinski definition) is 6. The molecule has 0 saturated carbocycles. The van der Waals surface area contributed by atoms with Crippen molar-refractivity contribution in [2.45, 2.75) is 31.2 Å². The van der Waals surface area contributed by atoms with E-state index in [1.54, 1.807) is 24.4 Å². The van der Waals surface area contributed by atoms with Crippen LogP contribution in [0, 0.1) is 0 Å². The van der Waals surface area contributed by atoms with Gasteiger partial charge in [-0.2, -0.15) is 0 Å². The second-order valence-corrected chi connectivity index (χ2v) is 8.40. The van der Waals surface area contributed by atoms with E-state index < -0.39 is 11.9 Å². The van der Waals surface area contributed by atoms with Gasteiger partial charge in [-0.05, 0) is 43.2 Å². The van der Waals surface area contributed by atoms with Crippen molar-refractivity contribution in [1.82, 2.24) is 14.9 Å². The summed E-state index contributed by atoms with van der Waals surface area (Å²) in [7, 11) is 0. The third-order valence-electron chi connectivity index (χ3n) is 5.46. The van der Waals surface area contributed by atoms with Gasteiger partial charge in [-0.1, -0.05) is 35.3 Å². The second kappa shape index (κ2) is 9.04. The van der Waals surface area contributed by atoms with E-state index in [4.69, 9.17) is 27.9 Å². The molecule has 30 heavy (non-hydrogen) atoms. The smallest absolute Gasteiger partial charge is 0.198 e. The lowest BCUT2D eigenvalue weighted by Gasteiger charge is -2.37. The Balaban J connectivity index is 1.30. The molecule has 1 fully saturated rings. The maximum atomic E-state index is 11.1. The molecule has 1 aromatic heterocycles. The number of rotatable bonds is 6. The average molecular weight is 448 g/mol. The first-order valence-corrected chi connectivity index (χ1v) is 10.7. The highest BCUT2D eigenvalue weighted by molar-refractivity contribution is 6.35. The zero-order chi connectivity index (χ0) is 21.1. The first-order valence-electron chi connectivity index (χ1n) is 9.90. The number of piperidine rings is 1. The molecule has 1 aliphatic heterocycles. The molecule has 2 N–H and O–H groups in total. The number of halogens is 2. The summed E-state index contributed by atoms with van der Waals surface area (Å²) in [5, 5.41) is 22.2. The zero-order valence-corrected chi connectivity index (χ0v) is 17.9. The van der Waals surface area contributed by atoms with Crippen molar-refractivity contribution < 1.29 is 14.9 Å². The third kappa shape index (κ3) is 4.85. The fourth-order valence-electron chi connectivity index (χ4n) is 3.65. The van der Waals surface area contributed by atoms with Gasteiger partial charge < -0.3 is 19.8 Å². The topological polar surface area (TPSA) is 78.7 Å². The first kappa shape index (κ1) is 21.3. The van der Waals surface area contributed by atoms with Crippen LogP contribution in [0.2, 0.25) is 10.0 Å². The number of para-hydroxylation sites is 2. The van der Waals surface area contributed by atoms with E-state index in [1.807, 2.05) is 24.3 Å². The minimum absolute atomic E-state index is 0.362. The van der Waals surface area contributed by atoms with Crippen LogP contribution in [0.5, 0.6) is 5.75 Å². The molecular weight excluding hydrogens is 425 g/mol. The van der Waals surface area contributed by atoms with Crippen LogP contribution in [0.15, 0.2) is 48.7 Å². The highest BCUT2D eigenvalue weighted by atomic mass is 35.5. The van der Waals surface area contributed by atoms with Crippen molar-refractivity contribution in [1.29, 1.82) is 0 Å². The van der Waals surface area contributed by atoms with Gasteiger partial charge >= 0.3 is 0 Å². The Morgan fingerprint density at radius 2 is 1.83 bits per heavy atom. The maximum absolute atomic E-state index is 11.1. The molecule has 158 valence electrons. The minimum Gasteiger partial charge on any atom is -0.464 e. The van der Waals surface area contributed by atoms with Gasteiger partial charge in [-0.25, -0.2) is 4.98 Å². The van der Waals surface area contributed by atoms with Gasteiger partial charge in [0.25, 0.3) is 0 Å². The summed E-state index contributed by atoms with van der Waals surface area (Å²) in [6, 6.07) is 12.5. The Labute approximate surface area is 185 Å². The van der Waals surface area contributed by atoms with Crippen LogP contribution in [0.1, 0.15) is 25.0 Å². The Morgan fingerprint density at radius 3 is 2.57 bits per heavy atom. The van der Waals surface area contributed by atoms with Crippen LogP contribution < -0.4 is 4.74 Å². The summed E-state index contributed by atoms with van der Waals surface area (Å²) >= 11 is 12.0. The maximum Gasteiger partial charge on any atom is 0.198 e. The van der Waals surface area contributed by atoms with E-state index >= 15 is 0 Å². The summed E-state index contributed by atoms with van der Waals surface area (Å²) in [4.78, 5) is 11.2. The lowest BCUT2D eigenvalue weighted by atomic mass is 9.88. The Bertz CT molecular complexity index is 1030. The first-order chi connectivity index (χ1) is 14.4. The zero-order valence-electron chi connectivity index (χ0n) is 16.3. The van der Waals surface area contributed by atoms with Crippen LogP contribution >= 0.6 is 23.2 Å². The molecule has 0 spiro atoms. The van der Waals surface area contributed by atoms with E-state index in [-0.39, 0.29) is 0 Å². The van der Waals surface area contributed by atoms with Gasteiger partial charge in [0.15, 0.2) is 6.29 Å². The summed E-state index contributed by atoms with van der Waals surface area (Å²) in [5.41, 5.74) is 1.23. The number of hydrogen-bond donors (Lipinski definition) is 2. The molecular formula is C22H23Cl2N3O3.